The molecule has 1 fully saturated rings. The Morgan fingerprint density at radius 3 is 3.00 bits per heavy atom. The maximum Gasteiger partial charge on any atom is 0.224 e. The smallest absolute Gasteiger partial charge is 0.224 e. The number of nitrogen functional groups attached to an aromatic ring is 1. The fourth-order valence-corrected chi connectivity index (χ4v) is 2.05. The van der Waals surface area contributed by atoms with Crippen molar-refractivity contribution < 1.29 is 9.47 Å². The van der Waals surface area contributed by atoms with Crippen LogP contribution in [0.3, 0.4) is 0 Å². The summed E-state index contributed by atoms with van der Waals surface area (Å²) in [6.45, 7) is 1.32. The van der Waals surface area contributed by atoms with Crippen molar-refractivity contribution in [1.82, 2.24) is 14.8 Å². The second-order valence-electron chi connectivity index (χ2n) is 4.56. The molecule has 0 bridgehead atoms. The summed E-state index contributed by atoms with van der Waals surface area (Å²) in [6, 6.07) is 1.90. The molecule has 0 unspecified atom stereocenters. The van der Waals surface area contributed by atoms with Crippen molar-refractivity contribution in [3.8, 4) is 5.88 Å². The fraction of sp³-hybridized carbons (Fsp3) is 0.308. The van der Waals surface area contributed by atoms with E-state index in [0.717, 1.165) is 0 Å². The molecule has 7 nitrogen and oxygen atoms in total. The number of methoxy groups -OCH3 is 1. The molecule has 20 heavy (non-hydrogen) atoms. The number of rotatable bonds is 4. The summed E-state index contributed by atoms with van der Waals surface area (Å²) in [5, 5.41) is 12.6. The highest BCUT2D eigenvalue weighted by Crippen LogP contribution is 2.25. The molecular weight excluding hydrogens is 258 g/mol. The highest BCUT2D eigenvalue weighted by Gasteiger charge is 2.23. The number of anilines is 1. The number of nitrogens with zero attached hydrogens (tertiary/aromatic N) is 3. The lowest BCUT2D eigenvalue weighted by atomic mass is 10.1. The van der Waals surface area contributed by atoms with Gasteiger partial charge in [0.2, 0.25) is 5.88 Å². The molecule has 0 aromatic carbocycles. The van der Waals surface area contributed by atoms with Crippen LogP contribution in [0.15, 0.2) is 24.7 Å². The van der Waals surface area contributed by atoms with Gasteiger partial charge in [0.25, 0.3) is 0 Å². The maximum absolute atomic E-state index is 8.30. The largest absolute Gasteiger partial charge is 0.480 e. The van der Waals surface area contributed by atoms with Gasteiger partial charge >= 0.3 is 0 Å². The van der Waals surface area contributed by atoms with Crippen molar-refractivity contribution in [3.63, 3.8) is 0 Å². The van der Waals surface area contributed by atoms with Gasteiger partial charge in [-0.15, -0.1) is 0 Å². The van der Waals surface area contributed by atoms with Gasteiger partial charge in [-0.05, 0) is 6.07 Å². The van der Waals surface area contributed by atoms with E-state index in [4.69, 9.17) is 20.6 Å². The van der Waals surface area contributed by atoms with Gasteiger partial charge in [-0.3, -0.25) is 10.1 Å². The Kier molecular flexibility index (Phi) is 3.11. The van der Waals surface area contributed by atoms with Crippen LogP contribution in [0, 0.1) is 5.41 Å². The van der Waals surface area contributed by atoms with Gasteiger partial charge in [0.15, 0.2) is 0 Å². The van der Waals surface area contributed by atoms with Gasteiger partial charge in [-0.2, -0.15) is 5.10 Å². The monoisotopic (exact) mass is 273 g/mol. The normalized spacial score (nSPS) is 14.8. The molecule has 3 heterocycles. The van der Waals surface area contributed by atoms with Gasteiger partial charge in [-0.1, -0.05) is 0 Å². The second kappa shape index (κ2) is 4.93. The molecule has 2 aromatic rings. The van der Waals surface area contributed by atoms with Crippen LogP contribution in [-0.2, 0) is 4.74 Å². The maximum atomic E-state index is 8.30. The zero-order valence-corrected chi connectivity index (χ0v) is 11.0. The Labute approximate surface area is 115 Å². The third-order valence-corrected chi connectivity index (χ3v) is 3.28. The molecule has 0 amide bonds. The Morgan fingerprint density at radius 1 is 1.55 bits per heavy atom. The highest BCUT2D eigenvalue weighted by molar-refractivity contribution is 6.14. The van der Waals surface area contributed by atoms with Gasteiger partial charge in [0, 0.05) is 23.6 Å². The summed E-state index contributed by atoms with van der Waals surface area (Å²) >= 11 is 0. The third kappa shape index (κ3) is 2.01. The van der Waals surface area contributed by atoms with Crippen LogP contribution in [0.25, 0.3) is 0 Å². The van der Waals surface area contributed by atoms with Crippen LogP contribution in [0.4, 0.5) is 5.69 Å². The molecule has 1 saturated heterocycles. The summed E-state index contributed by atoms with van der Waals surface area (Å²) in [7, 11) is 1.51. The summed E-state index contributed by atoms with van der Waals surface area (Å²) in [6.07, 6.45) is 5.02. The highest BCUT2D eigenvalue weighted by atomic mass is 16.5. The molecule has 0 radical (unpaired) electrons. The second-order valence-corrected chi connectivity index (χ2v) is 4.56. The summed E-state index contributed by atoms with van der Waals surface area (Å²) < 4.78 is 12.1. The zero-order valence-electron chi connectivity index (χ0n) is 11.0. The molecule has 7 heteroatoms. The standard InChI is InChI=1S/C13H15N5O2/c1-19-13-11(10(14)2-3-16-13)12(15)8-4-17-18(5-8)9-6-20-7-9/h2-5,9,15H,6-7H2,1H3,(H2,14,16). The number of nitrogens with one attached hydrogen (secondary N) is 1. The van der Waals surface area contributed by atoms with E-state index in [-0.39, 0.29) is 11.8 Å². The average Bonchev–Trinajstić information content (AvgIpc) is 2.85. The number of pyridine rings is 1. The van der Waals surface area contributed by atoms with Crippen LogP contribution in [0.1, 0.15) is 17.2 Å². The number of nitrogens with two attached hydrogens (primary N) is 1. The number of hydrogen-bond acceptors (Lipinski definition) is 6. The predicted octanol–water partition coefficient (Wildman–Crippen LogP) is 0.856. The van der Waals surface area contributed by atoms with Crippen molar-refractivity contribution in [2.45, 2.75) is 6.04 Å². The predicted molar refractivity (Wildman–Crippen MR) is 73.2 cm³/mol. The zero-order chi connectivity index (χ0) is 14.1. The first-order valence-corrected chi connectivity index (χ1v) is 6.20. The van der Waals surface area contributed by atoms with Crippen LogP contribution >= 0.6 is 0 Å². The molecule has 0 atom stereocenters. The van der Waals surface area contributed by atoms with E-state index in [9.17, 15) is 0 Å². The van der Waals surface area contributed by atoms with E-state index in [1.54, 1.807) is 18.5 Å². The van der Waals surface area contributed by atoms with E-state index >= 15 is 0 Å². The van der Waals surface area contributed by atoms with Gasteiger partial charge in [-0.25, -0.2) is 4.98 Å². The van der Waals surface area contributed by atoms with Gasteiger partial charge in [0.1, 0.15) is 0 Å². The number of hydrogen-bond donors (Lipinski definition) is 2. The van der Waals surface area contributed by atoms with E-state index in [0.29, 0.717) is 35.9 Å². The van der Waals surface area contributed by atoms with Crippen molar-refractivity contribution in [2.24, 2.45) is 0 Å². The lowest BCUT2D eigenvalue weighted by Gasteiger charge is -2.25. The summed E-state index contributed by atoms with van der Waals surface area (Å²) in [4.78, 5) is 4.08. The first-order chi connectivity index (χ1) is 9.70. The molecule has 1 aliphatic rings. The van der Waals surface area contributed by atoms with Crippen molar-refractivity contribution in [3.05, 3.63) is 35.8 Å². The SMILES string of the molecule is COc1nccc(N)c1C(=N)c1cnn(C2COC2)c1. The average molecular weight is 273 g/mol. The van der Waals surface area contributed by atoms with Crippen LogP contribution in [0.2, 0.25) is 0 Å². The molecule has 104 valence electrons. The molecule has 0 spiro atoms. The van der Waals surface area contributed by atoms with Crippen LogP contribution in [-0.4, -0.2) is 40.8 Å². The minimum absolute atomic E-state index is 0.249. The summed E-state index contributed by atoms with van der Waals surface area (Å²) in [5.41, 5.74) is 7.80. The lowest BCUT2D eigenvalue weighted by Crippen LogP contribution is -2.30. The molecule has 3 N–H and O–H groups in total. The molecule has 1 aliphatic heterocycles. The minimum Gasteiger partial charge on any atom is -0.480 e. The van der Waals surface area contributed by atoms with Crippen molar-refractivity contribution in [2.75, 3.05) is 26.1 Å². The Bertz CT molecular complexity index is 648. The van der Waals surface area contributed by atoms with Gasteiger partial charge < -0.3 is 15.2 Å². The Balaban J connectivity index is 1.94. The van der Waals surface area contributed by atoms with Crippen LogP contribution < -0.4 is 10.5 Å². The Hall–Kier alpha value is -2.41. The molecule has 0 aliphatic carbocycles. The van der Waals surface area contributed by atoms with Crippen molar-refractivity contribution >= 4 is 11.4 Å². The van der Waals surface area contributed by atoms with E-state index in [1.807, 2.05) is 10.9 Å². The molecule has 3 rings (SSSR count). The lowest BCUT2D eigenvalue weighted by molar-refractivity contribution is -0.0286. The van der Waals surface area contributed by atoms with Crippen molar-refractivity contribution in [1.29, 1.82) is 5.41 Å². The molecule has 2 aromatic heterocycles. The van der Waals surface area contributed by atoms with E-state index < -0.39 is 0 Å². The Morgan fingerprint density at radius 2 is 2.35 bits per heavy atom. The minimum atomic E-state index is 0.249. The topological polar surface area (TPSA) is 99.0 Å². The number of aromatic nitrogens is 3. The first-order valence-electron chi connectivity index (χ1n) is 6.20. The van der Waals surface area contributed by atoms with E-state index in [2.05, 4.69) is 10.1 Å². The molecule has 0 saturated carbocycles. The third-order valence-electron chi connectivity index (χ3n) is 3.28. The van der Waals surface area contributed by atoms with Crippen LogP contribution in [0.5, 0.6) is 5.88 Å². The van der Waals surface area contributed by atoms with Gasteiger partial charge in [0.05, 0.1) is 43.8 Å². The molecular formula is C13H15N5O2. The quantitative estimate of drug-likeness (QED) is 0.805. The summed E-state index contributed by atoms with van der Waals surface area (Å²) in [5.74, 6) is 0.342. The number of ether oxygens (including phenoxy) is 2. The first kappa shape index (κ1) is 12.6. The van der Waals surface area contributed by atoms with E-state index in [1.165, 1.54) is 7.11 Å². The fourth-order valence-electron chi connectivity index (χ4n) is 2.05.